The number of nitrogens with one attached hydrogen (secondary N) is 1. The molecule has 0 aliphatic carbocycles. The van der Waals surface area contributed by atoms with E-state index in [9.17, 15) is 4.39 Å². The fraction of sp³-hybridized carbons (Fsp3) is 0.235. The van der Waals surface area contributed by atoms with E-state index in [1.54, 1.807) is 18.5 Å². The topological polar surface area (TPSA) is 37.9 Å². The minimum absolute atomic E-state index is 0. The molecule has 0 unspecified atom stereocenters. The van der Waals surface area contributed by atoms with Gasteiger partial charge in [-0.05, 0) is 47.4 Å². The van der Waals surface area contributed by atoms with Crippen LogP contribution < -0.4 is 4.74 Å². The average molecular weight is 286 g/mol. The summed E-state index contributed by atoms with van der Waals surface area (Å²) in [6.45, 7) is 4.38. The van der Waals surface area contributed by atoms with E-state index < -0.39 is 0 Å². The largest absolute Gasteiger partial charge is 0.489 e. The van der Waals surface area contributed by atoms with Crippen molar-refractivity contribution in [1.82, 2.24) is 9.97 Å². The normalized spacial score (nSPS) is 11.2. The van der Waals surface area contributed by atoms with Crippen molar-refractivity contribution >= 4 is 11.0 Å². The van der Waals surface area contributed by atoms with Crippen molar-refractivity contribution in [3.63, 3.8) is 0 Å². The second kappa shape index (κ2) is 5.56. The van der Waals surface area contributed by atoms with E-state index in [0.29, 0.717) is 17.9 Å². The summed E-state index contributed by atoms with van der Waals surface area (Å²) >= 11 is 0. The lowest BCUT2D eigenvalue weighted by atomic mass is 10.0. The highest BCUT2D eigenvalue weighted by molar-refractivity contribution is 5.74. The molecular formula is C17H19FN2O. The van der Waals surface area contributed by atoms with Gasteiger partial charge < -0.3 is 9.72 Å². The number of fused-ring (bicyclic) bond motifs is 1. The maximum atomic E-state index is 13.7. The molecule has 110 valence electrons. The van der Waals surface area contributed by atoms with Crippen LogP contribution in [0.2, 0.25) is 0 Å². The van der Waals surface area contributed by atoms with Crippen LogP contribution in [-0.2, 0) is 6.61 Å². The van der Waals surface area contributed by atoms with Crippen LogP contribution in [0.3, 0.4) is 0 Å². The van der Waals surface area contributed by atoms with Gasteiger partial charge in [-0.25, -0.2) is 9.37 Å². The van der Waals surface area contributed by atoms with E-state index in [4.69, 9.17) is 4.74 Å². The molecule has 4 heteroatoms. The van der Waals surface area contributed by atoms with Crippen molar-refractivity contribution < 1.29 is 10.6 Å². The van der Waals surface area contributed by atoms with E-state index >= 15 is 0 Å². The van der Waals surface area contributed by atoms with Gasteiger partial charge in [0, 0.05) is 1.43 Å². The van der Waals surface area contributed by atoms with Crippen LogP contribution >= 0.6 is 0 Å². The molecular weight excluding hydrogens is 267 g/mol. The quantitative estimate of drug-likeness (QED) is 0.758. The Hall–Kier alpha value is -2.36. The van der Waals surface area contributed by atoms with Crippen LogP contribution in [0.5, 0.6) is 5.75 Å². The van der Waals surface area contributed by atoms with E-state index in [0.717, 1.165) is 16.6 Å². The molecule has 1 N–H and O–H groups in total. The molecule has 1 heterocycles. The van der Waals surface area contributed by atoms with Crippen LogP contribution in [0.15, 0.2) is 42.7 Å². The number of aromatic amines is 1. The zero-order chi connectivity index (χ0) is 14.8. The van der Waals surface area contributed by atoms with Crippen LogP contribution in [0, 0.1) is 5.82 Å². The van der Waals surface area contributed by atoms with Crippen molar-refractivity contribution in [3.8, 4) is 5.75 Å². The zero-order valence-electron chi connectivity index (χ0n) is 12.1. The molecule has 0 atom stereocenters. The molecule has 21 heavy (non-hydrogen) atoms. The van der Waals surface area contributed by atoms with Crippen LogP contribution in [0.25, 0.3) is 11.0 Å². The van der Waals surface area contributed by atoms with Crippen LogP contribution in [-0.4, -0.2) is 9.97 Å². The van der Waals surface area contributed by atoms with Gasteiger partial charge in [0.05, 0.1) is 17.4 Å². The van der Waals surface area contributed by atoms with Crippen molar-refractivity contribution in [2.24, 2.45) is 0 Å². The molecule has 0 spiro atoms. The van der Waals surface area contributed by atoms with Gasteiger partial charge in [-0.15, -0.1) is 0 Å². The number of ether oxygens (including phenoxy) is 1. The maximum absolute atomic E-state index is 13.7. The first-order valence-electron chi connectivity index (χ1n) is 6.98. The Balaban J connectivity index is 0.00000176. The lowest BCUT2D eigenvalue weighted by molar-refractivity contribution is 0.305. The fourth-order valence-electron chi connectivity index (χ4n) is 2.29. The molecule has 0 bridgehead atoms. The van der Waals surface area contributed by atoms with Gasteiger partial charge in [-0.3, -0.25) is 0 Å². The monoisotopic (exact) mass is 286 g/mol. The molecule has 0 aliphatic heterocycles. The number of aromatic nitrogens is 2. The maximum Gasteiger partial charge on any atom is 0.126 e. The molecule has 3 rings (SSSR count). The highest BCUT2D eigenvalue weighted by Gasteiger charge is 2.08. The molecule has 0 aliphatic rings. The number of rotatable bonds is 4. The predicted octanol–water partition coefficient (Wildman–Crippen LogP) is 4.65. The number of halogens is 1. The van der Waals surface area contributed by atoms with Crippen molar-refractivity contribution in [2.45, 2.75) is 26.4 Å². The number of hydrogen-bond acceptors (Lipinski definition) is 2. The lowest BCUT2D eigenvalue weighted by Gasteiger charge is -2.11. The van der Waals surface area contributed by atoms with Crippen LogP contribution in [0.1, 0.15) is 32.3 Å². The first-order chi connectivity index (χ1) is 10.1. The summed E-state index contributed by atoms with van der Waals surface area (Å²) in [7, 11) is 0. The summed E-state index contributed by atoms with van der Waals surface area (Å²) in [5.41, 5.74) is 3.64. The smallest absolute Gasteiger partial charge is 0.126 e. The number of nitrogens with zero attached hydrogens (tertiary/aromatic N) is 1. The van der Waals surface area contributed by atoms with E-state index in [-0.39, 0.29) is 13.2 Å². The molecule has 2 aromatic carbocycles. The minimum Gasteiger partial charge on any atom is -0.489 e. The first-order valence-corrected chi connectivity index (χ1v) is 6.98. The van der Waals surface area contributed by atoms with Crippen molar-refractivity contribution in [3.05, 3.63) is 59.7 Å². The fourth-order valence-corrected chi connectivity index (χ4v) is 2.29. The Morgan fingerprint density at radius 2 is 2.10 bits per heavy atom. The standard InChI is InChI=1S/C17H17FN2O.H2/c1-11(2)14-8-13(4-5-15(14)18)21-9-12-3-6-16-17(7-12)20-10-19-16;/h3-8,10-11H,9H2,1-2H3,(H,19,20);1H. The Morgan fingerprint density at radius 3 is 2.90 bits per heavy atom. The summed E-state index contributed by atoms with van der Waals surface area (Å²) < 4.78 is 19.4. The summed E-state index contributed by atoms with van der Waals surface area (Å²) in [5.74, 6) is 0.635. The number of H-pyrrole nitrogens is 1. The predicted molar refractivity (Wildman–Crippen MR) is 83.0 cm³/mol. The lowest BCUT2D eigenvalue weighted by Crippen LogP contribution is -1.98. The minimum atomic E-state index is -0.184. The Labute approximate surface area is 124 Å². The van der Waals surface area contributed by atoms with E-state index in [2.05, 4.69) is 9.97 Å². The summed E-state index contributed by atoms with van der Waals surface area (Å²) in [6.07, 6.45) is 1.67. The average Bonchev–Trinajstić information content (AvgIpc) is 2.93. The molecule has 0 saturated heterocycles. The van der Waals surface area contributed by atoms with Gasteiger partial charge in [-0.1, -0.05) is 19.9 Å². The van der Waals surface area contributed by atoms with Gasteiger partial charge >= 0.3 is 0 Å². The van der Waals surface area contributed by atoms with Crippen molar-refractivity contribution in [1.29, 1.82) is 0 Å². The molecule has 0 saturated carbocycles. The third-order valence-electron chi connectivity index (χ3n) is 3.48. The zero-order valence-corrected chi connectivity index (χ0v) is 12.1. The molecule has 0 fully saturated rings. The summed E-state index contributed by atoms with van der Waals surface area (Å²) in [5, 5.41) is 0. The number of benzene rings is 2. The second-order valence-electron chi connectivity index (χ2n) is 5.38. The third-order valence-corrected chi connectivity index (χ3v) is 3.48. The number of hydrogen-bond donors (Lipinski definition) is 1. The Morgan fingerprint density at radius 1 is 1.24 bits per heavy atom. The van der Waals surface area contributed by atoms with E-state index in [1.165, 1.54) is 6.07 Å². The molecule has 0 radical (unpaired) electrons. The van der Waals surface area contributed by atoms with Gasteiger partial charge in [-0.2, -0.15) is 0 Å². The summed E-state index contributed by atoms with van der Waals surface area (Å²) in [4.78, 5) is 7.25. The highest BCUT2D eigenvalue weighted by atomic mass is 19.1. The molecule has 1 aromatic heterocycles. The Bertz CT molecular complexity index is 770. The van der Waals surface area contributed by atoms with Gasteiger partial charge in [0.2, 0.25) is 0 Å². The van der Waals surface area contributed by atoms with Gasteiger partial charge in [0.15, 0.2) is 0 Å². The van der Waals surface area contributed by atoms with Crippen molar-refractivity contribution in [2.75, 3.05) is 0 Å². The summed E-state index contributed by atoms with van der Waals surface area (Å²) in [6, 6.07) is 10.8. The second-order valence-corrected chi connectivity index (χ2v) is 5.38. The van der Waals surface area contributed by atoms with Gasteiger partial charge in [0.1, 0.15) is 18.2 Å². The highest BCUT2D eigenvalue weighted by Crippen LogP contribution is 2.24. The van der Waals surface area contributed by atoms with Gasteiger partial charge in [0.25, 0.3) is 0 Å². The third kappa shape index (κ3) is 2.89. The Kier molecular flexibility index (Phi) is 3.60. The molecule has 3 aromatic rings. The SMILES string of the molecule is CC(C)c1cc(OCc2ccc3nc[nH]c3c2)ccc1F.[HH]. The first kappa shape index (κ1) is 13.6. The molecule has 0 amide bonds. The number of imidazole rings is 1. The van der Waals surface area contributed by atoms with Crippen LogP contribution in [0.4, 0.5) is 4.39 Å². The molecule has 3 nitrogen and oxygen atoms in total. The van der Waals surface area contributed by atoms with E-state index in [1.807, 2.05) is 32.0 Å².